The lowest BCUT2D eigenvalue weighted by Crippen LogP contribution is -2.17. The van der Waals surface area contributed by atoms with Gasteiger partial charge in [-0.15, -0.1) is 0 Å². The average molecular weight is 340 g/mol. The van der Waals surface area contributed by atoms with Crippen molar-refractivity contribution in [3.63, 3.8) is 0 Å². The number of allylic oxidation sites excluding steroid dienone is 4. The van der Waals surface area contributed by atoms with E-state index in [2.05, 4.69) is 59.2 Å². The Balaban J connectivity index is 3.59. The monoisotopic (exact) mass is 339 g/mol. The molecule has 0 heterocycles. The van der Waals surface area contributed by atoms with Gasteiger partial charge >= 0.3 is 0 Å². The Morgan fingerprint density at radius 3 is 2.12 bits per heavy atom. The Hall–Kier alpha value is -2.09. The number of phenolic OH excluding ortho intramolecular Hbond substituents is 1. The predicted octanol–water partition coefficient (Wildman–Crippen LogP) is 6.44. The number of nitrogens with zero attached hydrogens (tertiary/aromatic N) is 1. The van der Waals surface area contributed by atoms with Crippen molar-refractivity contribution in [3.05, 3.63) is 64.9 Å². The second-order valence-electron chi connectivity index (χ2n) is 8.49. The third-order valence-electron chi connectivity index (χ3n) is 4.19. The van der Waals surface area contributed by atoms with Crippen LogP contribution in [0.3, 0.4) is 0 Å². The number of benzene rings is 1. The van der Waals surface area contributed by atoms with Gasteiger partial charge in [-0.05, 0) is 48.0 Å². The van der Waals surface area contributed by atoms with Crippen LogP contribution in [-0.2, 0) is 10.8 Å². The fourth-order valence-electron chi connectivity index (χ4n) is 2.44. The van der Waals surface area contributed by atoms with Gasteiger partial charge in [0.25, 0.3) is 0 Å². The highest BCUT2D eigenvalue weighted by Crippen LogP contribution is 2.37. The summed E-state index contributed by atoms with van der Waals surface area (Å²) in [7, 11) is 0. The van der Waals surface area contributed by atoms with Crippen molar-refractivity contribution in [2.75, 3.05) is 0 Å². The van der Waals surface area contributed by atoms with E-state index in [9.17, 15) is 5.11 Å². The molecule has 0 atom stereocenters. The molecule has 0 aromatic heterocycles. The van der Waals surface area contributed by atoms with Crippen LogP contribution in [0.25, 0.3) is 0 Å². The number of aromatic hydroxyl groups is 1. The lowest BCUT2D eigenvalue weighted by Gasteiger charge is -2.27. The summed E-state index contributed by atoms with van der Waals surface area (Å²) in [4.78, 5) is 4.60. The van der Waals surface area contributed by atoms with E-state index in [1.807, 2.05) is 32.1 Å². The zero-order valence-corrected chi connectivity index (χ0v) is 17.1. The van der Waals surface area contributed by atoms with Crippen molar-refractivity contribution in [2.24, 2.45) is 4.99 Å². The van der Waals surface area contributed by atoms with E-state index in [4.69, 9.17) is 0 Å². The summed E-state index contributed by atoms with van der Waals surface area (Å²) in [6.45, 7) is 20.6. The van der Waals surface area contributed by atoms with E-state index in [0.717, 1.165) is 22.4 Å². The maximum absolute atomic E-state index is 10.8. The molecule has 2 heteroatoms. The molecule has 0 aliphatic carbocycles. The van der Waals surface area contributed by atoms with Crippen molar-refractivity contribution >= 4 is 6.21 Å². The molecule has 0 aliphatic heterocycles. The summed E-state index contributed by atoms with van der Waals surface area (Å²) in [5, 5.41) is 10.8. The molecule has 1 aromatic carbocycles. The molecule has 25 heavy (non-hydrogen) atoms. The van der Waals surface area contributed by atoms with Gasteiger partial charge < -0.3 is 5.11 Å². The van der Waals surface area contributed by atoms with Crippen LogP contribution in [0.1, 0.15) is 72.1 Å². The molecule has 1 rings (SSSR count). The number of phenols is 1. The van der Waals surface area contributed by atoms with Gasteiger partial charge in [-0.1, -0.05) is 66.3 Å². The summed E-state index contributed by atoms with van der Waals surface area (Å²) in [5.41, 5.74) is 4.57. The molecular formula is C23H33NO. The minimum atomic E-state index is -0.146. The van der Waals surface area contributed by atoms with Crippen molar-refractivity contribution in [2.45, 2.75) is 66.2 Å². The summed E-state index contributed by atoms with van der Waals surface area (Å²) in [5.74, 6) is 0.306. The molecule has 0 unspecified atom stereocenters. The molecule has 0 saturated heterocycles. The maximum Gasteiger partial charge on any atom is 0.128 e. The van der Waals surface area contributed by atoms with Gasteiger partial charge in [0.05, 0.1) is 5.70 Å². The van der Waals surface area contributed by atoms with Gasteiger partial charge in [0.2, 0.25) is 0 Å². The largest absolute Gasteiger partial charge is 0.507 e. The van der Waals surface area contributed by atoms with Crippen LogP contribution < -0.4 is 0 Å². The van der Waals surface area contributed by atoms with Crippen LogP contribution in [0.2, 0.25) is 0 Å². The summed E-state index contributed by atoms with van der Waals surface area (Å²) in [6.07, 6.45) is 7.44. The number of rotatable bonds is 4. The molecule has 0 radical (unpaired) electrons. The normalized spacial score (nSPS) is 14.2. The Morgan fingerprint density at radius 2 is 1.68 bits per heavy atom. The zero-order valence-electron chi connectivity index (χ0n) is 17.1. The number of hydrogen-bond donors (Lipinski definition) is 1. The van der Waals surface area contributed by atoms with Crippen LogP contribution in [0.4, 0.5) is 0 Å². The molecule has 0 spiro atoms. The molecular weight excluding hydrogens is 306 g/mol. The molecule has 136 valence electrons. The predicted molar refractivity (Wildman–Crippen MR) is 111 cm³/mol. The summed E-state index contributed by atoms with van der Waals surface area (Å²) >= 11 is 0. The van der Waals surface area contributed by atoms with Gasteiger partial charge in [-0.2, -0.15) is 0 Å². The first-order chi connectivity index (χ1) is 11.4. The standard InChI is InChI=1S/C23H33NO/c1-10-12-20(16(3)11-2)24-15-17-13-18(22(4,5)6)14-19(21(17)25)23(7,8)9/h10-15,25H,2H2,1,3-9H3. The highest BCUT2D eigenvalue weighted by atomic mass is 16.3. The average Bonchev–Trinajstić information content (AvgIpc) is 2.49. The van der Waals surface area contributed by atoms with Crippen molar-refractivity contribution in [3.8, 4) is 5.75 Å². The lowest BCUT2D eigenvalue weighted by molar-refractivity contribution is 0.444. The van der Waals surface area contributed by atoms with E-state index in [0.29, 0.717) is 5.75 Å². The second kappa shape index (κ2) is 7.86. The van der Waals surface area contributed by atoms with Crippen molar-refractivity contribution in [1.29, 1.82) is 0 Å². The number of hydrogen-bond acceptors (Lipinski definition) is 2. The lowest BCUT2D eigenvalue weighted by atomic mass is 9.79. The Labute approximate surface area is 153 Å². The number of aliphatic imine (C=N–C) groups is 1. The van der Waals surface area contributed by atoms with Crippen LogP contribution in [0.15, 0.2) is 53.2 Å². The smallest absolute Gasteiger partial charge is 0.128 e. The molecule has 0 bridgehead atoms. The second-order valence-corrected chi connectivity index (χ2v) is 8.49. The minimum absolute atomic E-state index is 0.00465. The fourth-order valence-corrected chi connectivity index (χ4v) is 2.44. The Morgan fingerprint density at radius 1 is 1.08 bits per heavy atom. The van der Waals surface area contributed by atoms with E-state index < -0.39 is 0 Å². The van der Waals surface area contributed by atoms with Crippen LogP contribution in [0.5, 0.6) is 5.75 Å². The topological polar surface area (TPSA) is 32.6 Å². The summed E-state index contributed by atoms with van der Waals surface area (Å²) in [6, 6.07) is 4.15. The molecule has 0 aliphatic rings. The molecule has 2 nitrogen and oxygen atoms in total. The minimum Gasteiger partial charge on any atom is -0.507 e. The first-order valence-corrected chi connectivity index (χ1v) is 8.80. The zero-order chi connectivity index (χ0) is 19.4. The van der Waals surface area contributed by atoms with E-state index in [1.165, 1.54) is 5.56 Å². The van der Waals surface area contributed by atoms with Gasteiger partial charge in [-0.3, -0.25) is 4.99 Å². The van der Waals surface area contributed by atoms with Crippen LogP contribution >= 0.6 is 0 Å². The Bertz CT molecular complexity index is 720. The quantitative estimate of drug-likeness (QED) is 0.496. The third kappa shape index (κ3) is 5.45. The highest BCUT2D eigenvalue weighted by Gasteiger charge is 2.24. The molecule has 0 amide bonds. The SMILES string of the molecule is C=CC(C)=C(C=CC)N=Cc1cc(C(C)(C)C)cc(C(C)(C)C)c1O. The first-order valence-electron chi connectivity index (χ1n) is 8.80. The van der Waals surface area contributed by atoms with Gasteiger partial charge in [0.15, 0.2) is 0 Å². The molecule has 0 fully saturated rings. The van der Waals surface area contributed by atoms with Crippen molar-refractivity contribution in [1.82, 2.24) is 0 Å². The highest BCUT2D eigenvalue weighted by molar-refractivity contribution is 5.86. The van der Waals surface area contributed by atoms with Crippen LogP contribution in [-0.4, -0.2) is 11.3 Å². The third-order valence-corrected chi connectivity index (χ3v) is 4.19. The molecule has 0 saturated carbocycles. The van der Waals surface area contributed by atoms with Gasteiger partial charge in [0.1, 0.15) is 5.75 Å². The molecule has 1 aromatic rings. The fraction of sp³-hybridized carbons (Fsp3) is 0.435. The van der Waals surface area contributed by atoms with E-state index in [1.54, 1.807) is 12.3 Å². The van der Waals surface area contributed by atoms with Gasteiger partial charge in [-0.25, -0.2) is 0 Å². The maximum atomic E-state index is 10.8. The van der Waals surface area contributed by atoms with Crippen LogP contribution in [0, 0.1) is 0 Å². The summed E-state index contributed by atoms with van der Waals surface area (Å²) < 4.78 is 0. The van der Waals surface area contributed by atoms with E-state index in [-0.39, 0.29) is 10.8 Å². The van der Waals surface area contributed by atoms with Gasteiger partial charge in [0, 0.05) is 17.3 Å². The Kier molecular flexibility index (Phi) is 6.59. The molecule has 1 N–H and O–H groups in total. The van der Waals surface area contributed by atoms with Crippen molar-refractivity contribution < 1.29 is 5.11 Å². The van der Waals surface area contributed by atoms with E-state index >= 15 is 0 Å². The first kappa shape index (κ1) is 21.0.